The number of carbonyl (C=O) groups is 2. The first kappa shape index (κ1) is 15.5. The van der Waals surface area contributed by atoms with E-state index < -0.39 is 11.5 Å². The van der Waals surface area contributed by atoms with E-state index in [1.54, 1.807) is 12.0 Å². The first-order valence-electron chi connectivity index (χ1n) is 6.67. The van der Waals surface area contributed by atoms with E-state index in [9.17, 15) is 9.59 Å². The van der Waals surface area contributed by atoms with Gasteiger partial charge in [-0.2, -0.15) is 0 Å². The average Bonchev–Trinajstić information content (AvgIpc) is 2.86. The molecule has 21 heavy (non-hydrogen) atoms. The molecule has 116 valence electrons. The molecule has 0 aromatic carbocycles. The number of primary amides is 1. The standard InChI is InChI=1S/C14H20N2O5/c1-14(2)8-16(5-10(21-14)7-19-3)13(18)9-4-11(12(15)17)20-6-9/h4,6,10H,5,7-8H2,1-3H3,(H2,15,17)/t10-/m1/s1. The predicted molar refractivity (Wildman–Crippen MR) is 74.0 cm³/mol. The second-order valence-electron chi connectivity index (χ2n) is 5.70. The van der Waals surface area contributed by atoms with Gasteiger partial charge in [0, 0.05) is 26.3 Å². The van der Waals surface area contributed by atoms with Crippen LogP contribution in [0.1, 0.15) is 34.8 Å². The van der Waals surface area contributed by atoms with E-state index in [4.69, 9.17) is 19.6 Å². The molecule has 0 radical (unpaired) electrons. The number of hydrogen-bond donors (Lipinski definition) is 1. The van der Waals surface area contributed by atoms with Crippen LogP contribution >= 0.6 is 0 Å². The first-order chi connectivity index (χ1) is 9.82. The molecule has 0 saturated carbocycles. The average molecular weight is 296 g/mol. The molecular weight excluding hydrogens is 276 g/mol. The summed E-state index contributed by atoms with van der Waals surface area (Å²) in [5.41, 5.74) is 4.95. The zero-order valence-corrected chi connectivity index (χ0v) is 12.4. The second kappa shape index (κ2) is 5.87. The summed E-state index contributed by atoms with van der Waals surface area (Å²) in [6.07, 6.45) is 1.06. The van der Waals surface area contributed by atoms with Crippen molar-refractivity contribution >= 4 is 11.8 Å². The molecule has 2 N–H and O–H groups in total. The Labute approximate surface area is 123 Å². The summed E-state index contributed by atoms with van der Waals surface area (Å²) < 4.78 is 15.9. The number of furan rings is 1. The molecule has 1 aromatic rings. The molecule has 0 aliphatic carbocycles. The molecule has 1 aliphatic heterocycles. The van der Waals surface area contributed by atoms with Crippen molar-refractivity contribution in [1.82, 2.24) is 4.90 Å². The van der Waals surface area contributed by atoms with Crippen LogP contribution in [-0.2, 0) is 9.47 Å². The van der Waals surface area contributed by atoms with Gasteiger partial charge in [-0.15, -0.1) is 0 Å². The maximum Gasteiger partial charge on any atom is 0.284 e. The van der Waals surface area contributed by atoms with E-state index in [2.05, 4.69) is 0 Å². The van der Waals surface area contributed by atoms with Crippen LogP contribution in [-0.4, -0.2) is 55.2 Å². The highest BCUT2D eigenvalue weighted by Crippen LogP contribution is 2.23. The maximum atomic E-state index is 12.5. The third-order valence-corrected chi connectivity index (χ3v) is 3.21. The van der Waals surface area contributed by atoms with Crippen molar-refractivity contribution in [1.29, 1.82) is 0 Å². The van der Waals surface area contributed by atoms with Gasteiger partial charge < -0.3 is 24.5 Å². The summed E-state index contributed by atoms with van der Waals surface area (Å²) >= 11 is 0. The van der Waals surface area contributed by atoms with Crippen LogP contribution < -0.4 is 5.73 Å². The van der Waals surface area contributed by atoms with Crippen LogP contribution in [0.15, 0.2) is 16.7 Å². The SMILES string of the molecule is COC[C@H]1CN(C(=O)c2coc(C(N)=O)c2)CC(C)(C)O1. The van der Waals surface area contributed by atoms with Crippen molar-refractivity contribution < 1.29 is 23.5 Å². The number of hydrogen-bond acceptors (Lipinski definition) is 5. The number of amides is 2. The zero-order chi connectivity index (χ0) is 15.6. The molecule has 0 bridgehead atoms. The quantitative estimate of drug-likeness (QED) is 0.880. The maximum absolute atomic E-state index is 12.5. The van der Waals surface area contributed by atoms with Gasteiger partial charge in [0.1, 0.15) is 6.26 Å². The lowest BCUT2D eigenvalue weighted by molar-refractivity contribution is -0.143. The number of methoxy groups -OCH3 is 1. The van der Waals surface area contributed by atoms with Gasteiger partial charge in [-0.05, 0) is 13.8 Å². The predicted octanol–water partition coefficient (Wildman–Crippen LogP) is 0.644. The van der Waals surface area contributed by atoms with E-state index in [0.29, 0.717) is 25.3 Å². The van der Waals surface area contributed by atoms with Crippen LogP contribution in [0.2, 0.25) is 0 Å². The normalized spacial score (nSPS) is 21.3. The van der Waals surface area contributed by atoms with Crippen LogP contribution in [0, 0.1) is 0 Å². The third kappa shape index (κ3) is 3.62. The molecule has 0 unspecified atom stereocenters. The highest BCUT2D eigenvalue weighted by molar-refractivity contribution is 5.97. The highest BCUT2D eigenvalue weighted by atomic mass is 16.5. The summed E-state index contributed by atoms with van der Waals surface area (Å²) in [6.45, 7) is 5.11. The van der Waals surface area contributed by atoms with Crippen molar-refractivity contribution in [3.8, 4) is 0 Å². The Morgan fingerprint density at radius 2 is 2.24 bits per heavy atom. The fraction of sp³-hybridized carbons (Fsp3) is 0.571. The minimum absolute atomic E-state index is 0.0284. The molecule has 1 fully saturated rings. The van der Waals surface area contributed by atoms with E-state index in [1.165, 1.54) is 12.3 Å². The van der Waals surface area contributed by atoms with Crippen LogP contribution in [0.5, 0.6) is 0 Å². The largest absolute Gasteiger partial charge is 0.458 e. The van der Waals surface area contributed by atoms with Crippen LogP contribution in [0.25, 0.3) is 0 Å². The number of rotatable bonds is 4. The number of nitrogens with zero attached hydrogens (tertiary/aromatic N) is 1. The summed E-state index contributed by atoms with van der Waals surface area (Å²) in [5.74, 6) is -0.948. The number of carbonyl (C=O) groups excluding carboxylic acids is 2. The van der Waals surface area contributed by atoms with Crippen molar-refractivity contribution in [2.24, 2.45) is 5.73 Å². The molecule has 1 atom stereocenters. The lowest BCUT2D eigenvalue weighted by Crippen LogP contribution is -2.55. The number of morpholine rings is 1. The van der Waals surface area contributed by atoms with E-state index >= 15 is 0 Å². The smallest absolute Gasteiger partial charge is 0.284 e. The highest BCUT2D eigenvalue weighted by Gasteiger charge is 2.36. The fourth-order valence-electron chi connectivity index (χ4n) is 2.48. The summed E-state index contributed by atoms with van der Waals surface area (Å²) in [5, 5.41) is 0. The van der Waals surface area contributed by atoms with Gasteiger partial charge in [-0.1, -0.05) is 0 Å². The van der Waals surface area contributed by atoms with Gasteiger partial charge >= 0.3 is 0 Å². The molecule has 7 nitrogen and oxygen atoms in total. The first-order valence-corrected chi connectivity index (χ1v) is 6.67. The van der Waals surface area contributed by atoms with Gasteiger partial charge in [0.25, 0.3) is 11.8 Å². The van der Waals surface area contributed by atoms with E-state index in [0.717, 1.165) is 0 Å². The summed E-state index contributed by atoms with van der Waals surface area (Å²) in [4.78, 5) is 25.2. The summed E-state index contributed by atoms with van der Waals surface area (Å²) in [7, 11) is 1.59. The van der Waals surface area contributed by atoms with E-state index in [1.807, 2.05) is 13.8 Å². The van der Waals surface area contributed by atoms with Gasteiger partial charge in [0.05, 0.1) is 23.9 Å². The van der Waals surface area contributed by atoms with Gasteiger partial charge in [-0.25, -0.2) is 0 Å². The van der Waals surface area contributed by atoms with Gasteiger partial charge in [0.2, 0.25) is 0 Å². The monoisotopic (exact) mass is 296 g/mol. The Kier molecular flexibility index (Phi) is 4.34. The molecule has 1 aliphatic rings. The Bertz CT molecular complexity index is 537. The number of nitrogens with two attached hydrogens (primary N) is 1. The second-order valence-corrected chi connectivity index (χ2v) is 5.70. The Balaban J connectivity index is 2.14. The molecule has 1 saturated heterocycles. The molecule has 2 rings (SSSR count). The molecule has 0 spiro atoms. The molecule has 2 amide bonds. The lowest BCUT2D eigenvalue weighted by atomic mass is 10.0. The minimum Gasteiger partial charge on any atom is -0.458 e. The van der Waals surface area contributed by atoms with Crippen LogP contribution in [0.3, 0.4) is 0 Å². The third-order valence-electron chi connectivity index (χ3n) is 3.21. The Morgan fingerprint density at radius 3 is 2.81 bits per heavy atom. The fourth-order valence-corrected chi connectivity index (χ4v) is 2.48. The van der Waals surface area contributed by atoms with Gasteiger partial charge in [-0.3, -0.25) is 9.59 Å². The number of ether oxygens (including phenoxy) is 2. The minimum atomic E-state index is -0.700. The van der Waals surface area contributed by atoms with Crippen molar-refractivity contribution in [2.75, 3.05) is 26.8 Å². The zero-order valence-electron chi connectivity index (χ0n) is 12.4. The molecular formula is C14H20N2O5. The van der Waals surface area contributed by atoms with Crippen molar-refractivity contribution in [3.63, 3.8) is 0 Å². The molecule has 1 aromatic heterocycles. The van der Waals surface area contributed by atoms with Crippen molar-refractivity contribution in [2.45, 2.75) is 25.6 Å². The Hall–Kier alpha value is -1.86. The van der Waals surface area contributed by atoms with Crippen LogP contribution in [0.4, 0.5) is 0 Å². The topological polar surface area (TPSA) is 95.0 Å². The van der Waals surface area contributed by atoms with E-state index in [-0.39, 0.29) is 17.8 Å². The Morgan fingerprint density at radius 1 is 1.52 bits per heavy atom. The molecule has 7 heteroatoms. The molecule has 2 heterocycles. The lowest BCUT2D eigenvalue weighted by Gasteiger charge is -2.42. The summed E-state index contributed by atoms with van der Waals surface area (Å²) in [6, 6.07) is 1.36. The van der Waals surface area contributed by atoms with Gasteiger partial charge in [0.15, 0.2) is 5.76 Å². The van der Waals surface area contributed by atoms with Crippen molar-refractivity contribution in [3.05, 3.63) is 23.7 Å².